The molecule has 0 N–H and O–H groups in total. The first-order valence-corrected chi connectivity index (χ1v) is 8.48. The summed E-state index contributed by atoms with van der Waals surface area (Å²) in [5.74, 6) is 0.0791. The largest absolute Gasteiger partial charge is 0.382 e. The number of nitrogens with zero attached hydrogens (tertiary/aromatic N) is 1. The zero-order valence-electron chi connectivity index (χ0n) is 11.9. The monoisotopic (exact) mass is 263 g/mol. The molecule has 0 amide bonds. The lowest BCUT2D eigenvalue weighted by Crippen LogP contribution is -2.25. The third-order valence-corrected chi connectivity index (χ3v) is 3.97. The highest BCUT2D eigenvalue weighted by Gasteiger charge is 2.07. The Morgan fingerprint density at radius 1 is 1.06 bits per heavy atom. The van der Waals surface area contributed by atoms with Crippen molar-refractivity contribution in [2.45, 2.75) is 32.2 Å². The van der Waals surface area contributed by atoms with Crippen LogP contribution in [0.2, 0.25) is 6.04 Å². The topological polar surface area (TPSA) is 30.9 Å². The fraction of sp³-hybridized carbons (Fsp3) is 1.00. The van der Waals surface area contributed by atoms with Gasteiger partial charge in [0.05, 0.1) is 9.52 Å². The van der Waals surface area contributed by atoms with Gasteiger partial charge in [0.25, 0.3) is 0 Å². The molecule has 0 radical (unpaired) electrons. The van der Waals surface area contributed by atoms with E-state index in [2.05, 4.69) is 19.0 Å². The molecule has 0 aromatic heterocycles. The van der Waals surface area contributed by atoms with Gasteiger partial charge in [-0.1, -0.05) is 0 Å². The van der Waals surface area contributed by atoms with E-state index in [-0.39, 0.29) is 15.4 Å². The number of ether oxygens (including phenoxy) is 3. The lowest BCUT2D eigenvalue weighted by molar-refractivity contribution is -0.0830. The van der Waals surface area contributed by atoms with Gasteiger partial charge in [0.15, 0.2) is 0 Å². The normalized spacial score (nSPS) is 12.4. The fourth-order valence-corrected chi connectivity index (χ4v) is 3.03. The summed E-state index contributed by atoms with van der Waals surface area (Å²) in [5.41, 5.74) is 0. The van der Waals surface area contributed by atoms with Crippen LogP contribution in [0.5, 0.6) is 0 Å². The number of hydrogen-bond acceptors (Lipinski definition) is 4. The van der Waals surface area contributed by atoms with E-state index in [0.717, 1.165) is 45.4 Å². The van der Waals surface area contributed by atoms with Crippen molar-refractivity contribution >= 4 is 9.52 Å². The fourth-order valence-electron chi connectivity index (χ4n) is 1.52. The van der Waals surface area contributed by atoms with Crippen LogP contribution in [0.4, 0.5) is 0 Å². The predicted molar refractivity (Wildman–Crippen MR) is 74.4 cm³/mol. The molecule has 0 spiro atoms. The summed E-state index contributed by atoms with van der Waals surface area (Å²) in [6.45, 7) is 8.31. The average Bonchev–Trinajstić information content (AvgIpc) is 2.28. The van der Waals surface area contributed by atoms with E-state index in [9.17, 15) is 0 Å². The summed E-state index contributed by atoms with van der Waals surface area (Å²) >= 11 is 0. The third kappa shape index (κ3) is 12.3. The van der Waals surface area contributed by atoms with Gasteiger partial charge >= 0.3 is 0 Å². The van der Waals surface area contributed by atoms with Gasteiger partial charge in [-0.05, 0) is 47.0 Å². The highest BCUT2D eigenvalue weighted by Crippen LogP contribution is 1.97. The molecule has 0 aliphatic rings. The molecule has 0 heterocycles. The summed E-state index contributed by atoms with van der Waals surface area (Å²) in [4.78, 5) is 2.18. The molecule has 4 nitrogen and oxygen atoms in total. The van der Waals surface area contributed by atoms with E-state index in [0.29, 0.717) is 0 Å². The van der Waals surface area contributed by atoms with Crippen molar-refractivity contribution < 1.29 is 14.2 Å². The van der Waals surface area contributed by atoms with E-state index >= 15 is 0 Å². The zero-order valence-corrected chi connectivity index (χ0v) is 13.3. The molecular weight excluding hydrogens is 234 g/mol. The predicted octanol–water partition coefficient (Wildman–Crippen LogP) is 0.898. The van der Waals surface area contributed by atoms with Crippen molar-refractivity contribution in [2.75, 3.05) is 47.1 Å². The molecular formula is C12H29NO3Si. The van der Waals surface area contributed by atoms with Crippen molar-refractivity contribution in [3.05, 3.63) is 0 Å². The molecule has 0 unspecified atom stereocenters. The van der Waals surface area contributed by atoms with Gasteiger partial charge in [-0.3, -0.25) is 0 Å². The first-order valence-electron chi connectivity index (χ1n) is 6.66. The molecule has 17 heavy (non-hydrogen) atoms. The molecule has 0 atom stereocenters. The molecule has 0 saturated carbocycles. The van der Waals surface area contributed by atoms with Crippen molar-refractivity contribution in [2.24, 2.45) is 0 Å². The average molecular weight is 263 g/mol. The van der Waals surface area contributed by atoms with Crippen LogP contribution in [0.1, 0.15) is 20.3 Å². The van der Waals surface area contributed by atoms with E-state index in [1.54, 1.807) is 0 Å². The summed E-state index contributed by atoms with van der Waals surface area (Å²) < 4.78 is 16.6. The highest BCUT2D eigenvalue weighted by atomic mass is 28.2. The zero-order chi connectivity index (χ0) is 12.9. The Labute approximate surface area is 108 Å². The second-order valence-corrected chi connectivity index (χ2v) is 6.20. The maximum atomic E-state index is 5.59. The second kappa shape index (κ2) is 12.5. The van der Waals surface area contributed by atoms with Gasteiger partial charge in [0.2, 0.25) is 0 Å². The van der Waals surface area contributed by atoms with Gasteiger partial charge in [-0.2, -0.15) is 0 Å². The first kappa shape index (κ1) is 17.1. The van der Waals surface area contributed by atoms with E-state index in [1.807, 2.05) is 13.8 Å². The second-order valence-electron chi connectivity index (χ2n) is 4.25. The summed E-state index contributed by atoms with van der Waals surface area (Å²) in [6, 6.07) is 1.13. The Balaban J connectivity index is 3.29. The molecule has 0 aromatic carbocycles. The van der Waals surface area contributed by atoms with Crippen LogP contribution < -0.4 is 0 Å². The summed E-state index contributed by atoms with van der Waals surface area (Å²) in [5, 5.41) is 0. The van der Waals surface area contributed by atoms with Crippen molar-refractivity contribution in [1.29, 1.82) is 0 Å². The molecule has 0 bridgehead atoms. The maximum absolute atomic E-state index is 5.59. The Morgan fingerprint density at radius 2 is 1.71 bits per heavy atom. The third-order valence-electron chi connectivity index (χ3n) is 2.33. The Bertz CT molecular complexity index is 153. The van der Waals surface area contributed by atoms with E-state index < -0.39 is 0 Å². The van der Waals surface area contributed by atoms with Crippen molar-refractivity contribution in [1.82, 2.24) is 4.90 Å². The van der Waals surface area contributed by atoms with Gasteiger partial charge < -0.3 is 19.1 Å². The molecule has 0 fully saturated rings. The van der Waals surface area contributed by atoms with Gasteiger partial charge in [-0.15, -0.1) is 0 Å². The van der Waals surface area contributed by atoms with Crippen molar-refractivity contribution in [3.8, 4) is 0 Å². The molecule has 0 saturated heterocycles. The quantitative estimate of drug-likeness (QED) is 0.297. The van der Waals surface area contributed by atoms with Gasteiger partial charge in [-0.25, -0.2) is 0 Å². The lowest BCUT2D eigenvalue weighted by atomic mass is 10.4. The van der Waals surface area contributed by atoms with Crippen LogP contribution in [0, 0.1) is 0 Å². The molecule has 0 aliphatic carbocycles. The highest BCUT2D eigenvalue weighted by molar-refractivity contribution is 6.36. The Hall–Kier alpha value is 0.0569. The van der Waals surface area contributed by atoms with Crippen LogP contribution >= 0.6 is 0 Å². The lowest BCUT2D eigenvalue weighted by Gasteiger charge is -2.16. The summed E-state index contributed by atoms with van der Waals surface area (Å²) in [7, 11) is 3.84. The van der Waals surface area contributed by atoms with Gasteiger partial charge in [0, 0.05) is 26.4 Å². The number of hydrogen-bond donors (Lipinski definition) is 0. The standard InChI is InChI=1S/C12H29NO3Si/c1-5-15-12(16-6-2)17-11-10-14-9-7-8-13(3)4/h12H,5-11,17H2,1-4H3. The van der Waals surface area contributed by atoms with Crippen LogP contribution in [0.15, 0.2) is 0 Å². The minimum atomic E-state index is -0.326. The van der Waals surface area contributed by atoms with E-state index in [4.69, 9.17) is 14.2 Å². The Kier molecular flexibility index (Phi) is 12.6. The molecule has 104 valence electrons. The van der Waals surface area contributed by atoms with Crippen LogP contribution in [-0.2, 0) is 14.2 Å². The van der Waals surface area contributed by atoms with E-state index in [1.165, 1.54) is 0 Å². The summed E-state index contributed by atoms with van der Waals surface area (Å²) in [6.07, 6.45) is 1.11. The number of rotatable bonds is 12. The minimum Gasteiger partial charge on any atom is -0.382 e. The maximum Gasteiger partial charge on any atom is 0.134 e. The van der Waals surface area contributed by atoms with Crippen LogP contribution in [-0.4, -0.2) is 67.4 Å². The van der Waals surface area contributed by atoms with Crippen LogP contribution in [0.3, 0.4) is 0 Å². The van der Waals surface area contributed by atoms with Gasteiger partial charge in [0.1, 0.15) is 5.91 Å². The molecule has 0 aromatic rings. The Morgan fingerprint density at radius 3 is 2.24 bits per heavy atom. The van der Waals surface area contributed by atoms with Crippen LogP contribution in [0.25, 0.3) is 0 Å². The molecule has 0 rings (SSSR count). The molecule has 5 heteroatoms. The molecule has 0 aliphatic heterocycles. The first-order chi connectivity index (χ1) is 8.20. The SMILES string of the molecule is CCOC(OCC)[SiH2]CCOCCCN(C)C. The van der Waals surface area contributed by atoms with Crippen molar-refractivity contribution in [3.63, 3.8) is 0 Å². The smallest absolute Gasteiger partial charge is 0.134 e. The minimum absolute atomic E-state index is 0.0791.